The van der Waals surface area contributed by atoms with Gasteiger partial charge in [0.25, 0.3) is 0 Å². The first-order valence-electron chi connectivity index (χ1n) is 11.1. The van der Waals surface area contributed by atoms with Crippen molar-refractivity contribution in [2.75, 3.05) is 0 Å². The molecule has 0 spiro atoms. The van der Waals surface area contributed by atoms with E-state index in [2.05, 4.69) is 77.9 Å². The van der Waals surface area contributed by atoms with Gasteiger partial charge < -0.3 is 0 Å². The average Bonchev–Trinajstić information content (AvgIpc) is 2.79. The minimum absolute atomic E-state index is 0.0727. The van der Waals surface area contributed by atoms with Crippen LogP contribution in [0.15, 0.2) is 72.8 Å². The molecule has 5 heteroatoms. The van der Waals surface area contributed by atoms with Crippen LogP contribution in [0, 0.1) is 0 Å². The van der Waals surface area contributed by atoms with Gasteiger partial charge in [0.2, 0.25) is 0 Å². The Kier molecular flexibility index (Phi) is 6.56. The van der Waals surface area contributed by atoms with Crippen LogP contribution in [0.1, 0.15) is 52.9 Å². The molecule has 0 fully saturated rings. The fourth-order valence-corrected chi connectivity index (χ4v) is 5.41. The summed E-state index contributed by atoms with van der Waals surface area (Å²) in [5.41, 5.74) is 6.08. The van der Waals surface area contributed by atoms with E-state index in [1.807, 2.05) is 36.4 Å². The van der Waals surface area contributed by atoms with Crippen LogP contribution in [0.5, 0.6) is 0 Å². The van der Waals surface area contributed by atoms with Crippen molar-refractivity contribution < 1.29 is 17.7 Å². The summed E-state index contributed by atoms with van der Waals surface area (Å²) in [6, 6.07) is 24.9. The van der Waals surface area contributed by atoms with Gasteiger partial charge in [-0.1, -0.05) is 0 Å². The van der Waals surface area contributed by atoms with Crippen LogP contribution in [0.2, 0.25) is 0 Å². The van der Waals surface area contributed by atoms with Crippen molar-refractivity contribution in [1.82, 2.24) is 19.9 Å². The van der Waals surface area contributed by atoms with Gasteiger partial charge in [-0.15, -0.1) is 0 Å². The predicted molar refractivity (Wildman–Crippen MR) is 132 cm³/mol. The Hall–Kier alpha value is -2.75. The third kappa shape index (κ3) is 5.79. The molecular formula is C28H30IrN4. The molecule has 2 heterocycles. The van der Waals surface area contributed by atoms with Crippen LogP contribution in [-0.2, 0) is 28.5 Å². The van der Waals surface area contributed by atoms with Gasteiger partial charge in [0.15, 0.2) is 0 Å². The Morgan fingerprint density at radius 3 is 1.21 bits per heavy atom. The van der Waals surface area contributed by atoms with Crippen molar-refractivity contribution in [3.8, 4) is 22.5 Å². The van der Waals surface area contributed by atoms with Gasteiger partial charge >= 0.3 is 205 Å². The zero-order valence-electron chi connectivity index (χ0n) is 20.1. The summed E-state index contributed by atoms with van der Waals surface area (Å²) in [6.45, 7) is 13.2. The second-order valence-electron chi connectivity index (χ2n) is 10.1. The molecule has 0 radical (unpaired) electrons. The van der Waals surface area contributed by atoms with Crippen molar-refractivity contribution in [2.45, 2.75) is 52.4 Å². The van der Waals surface area contributed by atoms with Crippen molar-refractivity contribution in [2.24, 2.45) is 0 Å². The van der Waals surface area contributed by atoms with Gasteiger partial charge in [-0.05, 0) is 0 Å². The Morgan fingerprint density at radius 2 is 0.879 bits per heavy atom. The summed E-state index contributed by atoms with van der Waals surface area (Å²) in [5.74, 6) is 0. The third-order valence-electron chi connectivity index (χ3n) is 5.20. The molecule has 0 unspecified atom stereocenters. The van der Waals surface area contributed by atoms with Gasteiger partial charge in [0, 0.05) is 0 Å². The fourth-order valence-electron chi connectivity index (χ4n) is 3.24. The molecule has 0 N–H and O–H groups in total. The fraction of sp³-hybridized carbons (Fsp3) is 0.286. The first-order chi connectivity index (χ1) is 15.6. The average molecular weight is 615 g/mol. The van der Waals surface area contributed by atoms with E-state index in [0.29, 0.717) is 0 Å². The van der Waals surface area contributed by atoms with Crippen molar-refractivity contribution in [1.29, 1.82) is 0 Å². The molecule has 2 aromatic carbocycles. The Labute approximate surface area is 204 Å². The second-order valence-corrected chi connectivity index (χ2v) is 12.8. The molecule has 33 heavy (non-hydrogen) atoms. The zero-order chi connectivity index (χ0) is 23.6. The molecule has 0 aliphatic heterocycles. The molecule has 0 saturated carbocycles. The number of nitrogens with zero attached hydrogens (tertiary/aromatic N) is 4. The maximum atomic E-state index is 4.98. The van der Waals surface area contributed by atoms with Crippen LogP contribution in [-0.4, -0.2) is 19.9 Å². The molecular weight excluding hydrogens is 585 g/mol. The van der Waals surface area contributed by atoms with Gasteiger partial charge in [0.1, 0.15) is 0 Å². The van der Waals surface area contributed by atoms with Gasteiger partial charge in [0.05, 0.1) is 0 Å². The Morgan fingerprint density at radius 1 is 0.515 bits per heavy atom. The quantitative estimate of drug-likeness (QED) is 0.316. The molecule has 2 aromatic heterocycles. The number of aromatic nitrogens is 4. The first-order valence-corrected chi connectivity index (χ1v) is 13.5. The Bertz CT molecular complexity index is 1140. The minimum atomic E-state index is -0.933. The molecule has 0 saturated heterocycles. The van der Waals surface area contributed by atoms with E-state index in [-0.39, 0.29) is 10.8 Å². The Balaban J connectivity index is 1.81. The summed E-state index contributed by atoms with van der Waals surface area (Å²) in [5, 5.41) is 0. The maximum absolute atomic E-state index is 4.98. The van der Waals surface area contributed by atoms with Crippen LogP contribution in [0.3, 0.4) is 0 Å². The number of rotatable bonds is 4. The normalized spacial score (nSPS) is 12.2. The van der Waals surface area contributed by atoms with E-state index in [0.717, 1.165) is 42.6 Å². The molecule has 0 aliphatic carbocycles. The first kappa shape index (κ1) is 23.4. The van der Waals surface area contributed by atoms with Crippen molar-refractivity contribution >= 4 is 8.68 Å². The molecule has 0 amide bonds. The van der Waals surface area contributed by atoms with E-state index in [1.165, 1.54) is 0 Å². The second kappa shape index (κ2) is 9.24. The molecule has 0 aliphatic rings. The van der Waals surface area contributed by atoms with Crippen LogP contribution in [0.4, 0.5) is 0 Å². The summed E-state index contributed by atoms with van der Waals surface area (Å²) >= 11 is -0.933. The molecule has 0 atom stereocenters. The molecule has 4 aromatic rings. The standard InChI is InChI=1S/2C14H15N2.Ir/c2*1-14(2,3)13-9-12(15-10-16-13)11-7-5-4-6-8-11;/h2*4-9H,1-3H3;. The molecule has 171 valence electrons. The number of benzene rings is 2. The number of hydrogen-bond donors (Lipinski definition) is 0. The van der Waals surface area contributed by atoms with Crippen LogP contribution < -0.4 is 8.68 Å². The number of hydrogen-bond acceptors (Lipinski definition) is 4. The molecule has 0 bridgehead atoms. The van der Waals surface area contributed by atoms with Crippen molar-refractivity contribution in [3.05, 3.63) is 84.2 Å². The van der Waals surface area contributed by atoms with E-state index in [4.69, 9.17) is 19.9 Å². The van der Waals surface area contributed by atoms with E-state index < -0.39 is 17.7 Å². The van der Waals surface area contributed by atoms with Gasteiger partial charge in [-0.25, -0.2) is 0 Å². The molecule has 4 nitrogen and oxygen atoms in total. The zero-order valence-corrected chi connectivity index (χ0v) is 22.4. The summed E-state index contributed by atoms with van der Waals surface area (Å²) in [7, 11) is 0. The topological polar surface area (TPSA) is 51.6 Å². The van der Waals surface area contributed by atoms with Crippen LogP contribution in [0.25, 0.3) is 22.5 Å². The van der Waals surface area contributed by atoms with Crippen molar-refractivity contribution in [3.63, 3.8) is 0 Å². The monoisotopic (exact) mass is 615 g/mol. The van der Waals surface area contributed by atoms with Gasteiger partial charge in [-0.2, -0.15) is 0 Å². The van der Waals surface area contributed by atoms with Gasteiger partial charge in [-0.3, -0.25) is 0 Å². The van der Waals surface area contributed by atoms with E-state index in [1.54, 1.807) is 0 Å². The summed E-state index contributed by atoms with van der Waals surface area (Å²) < 4.78 is 1.73. The van der Waals surface area contributed by atoms with E-state index in [9.17, 15) is 0 Å². The predicted octanol–water partition coefficient (Wildman–Crippen LogP) is 5.23. The van der Waals surface area contributed by atoms with E-state index >= 15 is 0 Å². The summed E-state index contributed by atoms with van der Waals surface area (Å²) in [4.78, 5) is 19.9. The molecule has 4 rings (SSSR count). The third-order valence-corrected chi connectivity index (χ3v) is 7.35. The SMILES string of the molecule is CC(C)(C)c1cc(-c2ccccc2)n[c]([Ir][c]2nc(-c3ccccc3)cc(C(C)(C)C)n2)n1. The van der Waals surface area contributed by atoms with Crippen LogP contribution >= 0.6 is 0 Å². The summed E-state index contributed by atoms with van der Waals surface area (Å²) in [6.07, 6.45) is 0.